The largest absolute Gasteiger partial charge is 0.256 e. The van der Waals surface area contributed by atoms with Crippen molar-refractivity contribution in [2.45, 2.75) is 213 Å². The monoisotopic (exact) mass is 546 g/mol. The summed E-state index contributed by atoms with van der Waals surface area (Å²) in [6.07, 6.45) is 47.6. The molecule has 0 spiro atoms. The number of unbranched alkanes of at least 4 members (excludes halogenated alkanes) is 27. The van der Waals surface area contributed by atoms with Gasteiger partial charge in [0.2, 0.25) is 0 Å². The maximum Gasteiger partial charge on any atom is 0.256 e. The fraction of sp³-hybridized carbons (Fsp3) is 0.919. The number of hydrogen-bond donors (Lipinski definition) is 0. The summed E-state index contributed by atoms with van der Waals surface area (Å²) < 4.78 is 4.91. The third kappa shape index (κ3) is 22.6. The number of nitrogens with zero attached hydrogens (tertiary/aromatic N) is 2. The van der Waals surface area contributed by atoms with Gasteiger partial charge in [0.15, 0.2) is 0 Å². The first-order chi connectivity index (χ1) is 19.3. The number of aromatic nitrogens is 2. The zero-order valence-electron chi connectivity index (χ0n) is 27.5. The number of hydrogen-bond acceptors (Lipinski definition) is 0. The minimum Gasteiger partial charge on any atom is -0.237 e. The minimum absolute atomic E-state index is 1.22. The first kappa shape index (κ1) is 36.2. The molecule has 2 heteroatoms. The molecule has 0 saturated carbocycles. The van der Waals surface area contributed by atoms with Crippen molar-refractivity contribution in [1.29, 1.82) is 0 Å². The molecule has 0 aromatic carbocycles. The molecule has 1 aromatic rings. The Hall–Kier alpha value is -0.790. The van der Waals surface area contributed by atoms with Crippen LogP contribution in [0.1, 0.15) is 206 Å². The van der Waals surface area contributed by atoms with Gasteiger partial charge in [0, 0.05) is 6.42 Å². The molecule has 1 rings (SSSR count). The second-order valence-corrected chi connectivity index (χ2v) is 12.8. The highest BCUT2D eigenvalue weighted by atomic mass is 15.1. The topological polar surface area (TPSA) is 8.81 Å². The summed E-state index contributed by atoms with van der Waals surface area (Å²) in [4.78, 5) is 0. The van der Waals surface area contributed by atoms with Gasteiger partial charge in [-0.3, -0.25) is 0 Å². The van der Waals surface area contributed by atoms with Gasteiger partial charge in [-0.05, 0) is 19.3 Å². The molecule has 0 atom stereocenters. The molecule has 0 N–H and O–H groups in total. The van der Waals surface area contributed by atoms with Crippen LogP contribution in [0.3, 0.4) is 0 Å². The fourth-order valence-electron chi connectivity index (χ4n) is 6.21. The Labute approximate surface area is 247 Å². The lowest BCUT2D eigenvalue weighted by Crippen LogP contribution is -2.37. The van der Waals surface area contributed by atoms with E-state index >= 15 is 0 Å². The van der Waals surface area contributed by atoms with Gasteiger partial charge in [-0.25, -0.2) is 9.13 Å². The Morgan fingerprint density at radius 3 is 1.10 bits per heavy atom. The molecule has 2 nitrogen and oxygen atoms in total. The smallest absolute Gasteiger partial charge is 0.237 e. The van der Waals surface area contributed by atoms with E-state index in [2.05, 4.69) is 42.4 Å². The number of aryl methyl sites for hydroxylation is 2. The lowest BCUT2D eigenvalue weighted by Gasteiger charge is -2.05. The molecule has 0 aliphatic rings. The molecule has 0 fully saturated rings. The highest BCUT2D eigenvalue weighted by Crippen LogP contribution is 2.15. The SMILES string of the molecule is CCCCCCCCCCCCCCCCC[n+]1ccn(C)c1CCCCCCCCCCCCCCCC. The van der Waals surface area contributed by atoms with Gasteiger partial charge >= 0.3 is 0 Å². The highest BCUT2D eigenvalue weighted by Gasteiger charge is 2.13. The molecule has 39 heavy (non-hydrogen) atoms. The lowest BCUT2D eigenvalue weighted by atomic mass is 10.0. The average Bonchev–Trinajstić information content (AvgIpc) is 3.29. The summed E-state index contributed by atoms with van der Waals surface area (Å²) in [5, 5.41) is 0. The van der Waals surface area contributed by atoms with Crippen molar-refractivity contribution in [3.05, 3.63) is 18.2 Å². The van der Waals surface area contributed by atoms with Crippen molar-refractivity contribution in [3.63, 3.8) is 0 Å². The van der Waals surface area contributed by atoms with E-state index in [-0.39, 0.29) is 0 Å². The van der Waals surface area contributed by atoms with Crippen molar-refractivity contribution in [2.24, 2.45) is 7.05 Å². The van der Waals surface area contributed by atoms with Crippen LogP contribution in [0.25, 0.3) is 0 Å². The summed E-state index contributed by atoms with van der Waals surface area (Å²) >= 11 is 0. The second-order valence-electron chi connectivity index (χ2n) is 12.8. The molecule has 230 valence electrons. The molecule has 0 amide bonds. The van der Waals surface area contributed by atoms with Gasteiger partial charge in [-0.15, -0.1) is 0 Å². The number of rotatable bonds is 31. The summed E-state index contributed by atoms with van der Waals surface area (Å²) in [5.74, 6) is 1.54. The minimum atomic E-state index is 1.22. The quantitative estimate of drug-likeness (QED) is 0.0648. The first-order valence-corrected chi connectivity index (χ1v) is 18.3. The van der Waals surface area contributed by atoms with Crippen LogP contribution < -0.4 is 4.57 Å². The van der Waals surface area contributed by atoms with Gasteiger partial charge in [-0.2, -0.15) is 0 Å². The standard InChI is InChI=1S/C37H73N2/c1-4-6-8-10-12-14-16-18-20-22-24-26-28-30-32-34-39-36-35-38(3)37(39)33-31-29-27-25-23-21-19-17-15-13-11-9-7-5-2/h35-36H,4-34H2,1-3H3/q+1. The van der Waals surface area contributed by atoms with Crippen LogP contribution in [-0.2, 0) is 20.0 Å². The fourth-order valence-corrected chi connectivity index (χ4v) is 6.21. The third-order valence-electron chi connectivity index (χ3n) is 8.97. The van der Waals surface area contributed by atoms with E-state index < -0.39 is 0 Å². The van der Waals surface area contributed by atoms with Crippen LogP contribution >= 0.6 is 0 Å². The predicted octanol–water partition coefficient (Wildman–Crippen LogP) is 12.2. The molecule has 0 bridgehead atoms. The lowest BCUT2D eigenvalue weighted by molar-refractivity contribution is -0.704. The zero-order chi connectivity index (χ0) is 28.1. The molecular formula is C37H73N2+. The van der Waals surface area contributed by atoms with E-state index in [1.54, 1.807) is 5.82 Å². The van der Waals surface area contributed by atoms with Crippen molar-refractivity contribution >= 4 is 0 Å². The van der Waals surface area contributed by atoms with E-state index in [0.717, 1.165) is 0 Å². The van der Waals surface area contributed by atoms with Gasteiger partial charge in [0.1, 0.15) is 12.4 Å². The normalized spacial score (nSPS) is 11.6. The summed E-state index contributed by atoms with van der Waals surface area (Å²) in [6.45, 7) is 5.83. The van der Waals surface area contributed by atoms with Crippen LogP contribution in [-0.4, -0.2) is 4.57 Å². The maximum absolute atomic E-state index is 2.55. The molecule has 0 aliphatic carbocycles. The summed E-state index contributed by atoms with van der Waals surface area (Å²) in [6, 6.07) is 0. The molecule has 0 unspecified atom stereocenters. The van der Waals surface area contributed by atoms with Crippen molar-refractivity contribution < 1.29 is 4.57 Å². The van der Waals surface area contributed by atoms with Gasteiger partial charge in [-0.1, -0.05) is 181 Å². The Kier molecular flexibility index (Phi) is 26.7. The van der Waals surface area contributed by atoms with E-state index in [9.17, 15) is 0 Å². The number of imidazole rings is 1. The second kappa shape index (κ2) is 28.7. The van der Waals surface area contributed by atoms with Crippen molar-refractivity contribution in [3.8, 4) is 0 Å². The average molecular weight is 546 g/mol. The van der Waals surface area contributed by atoms with Crippen LogP contribution in [0, 0.1) is 0 Å². The summed E-state index contributed by atoms with van der Waals surface area (Å²) in [5.41, 5.74) is 0. The van der Waals surface area contributed by atoms with Crippen LogP contribution in [0.5, 0.6) is 0 Å². The van der Waals surface area contributed by atoms with E-state index in [0.29, 0.717) is 0 Å². The van der Waals surface area contributed by atoms with E-state index in [1.165, 1.54) is 199 Å². The zero-order valence-corrected chi connectivity index (χ0v) is 27.5. The molecular weight excluding hydrogens is 472 g/mol. The highest BCUT2D eigenvalue weighted by molar-refractivity contribution is 4.82. The Morgan fingerprint density at radius 2 is 0.744 bits per heavy atom. The predicted molar refractivity (Wildman–Crippen MR) is 175 cm³/mol. The first-order valence-electron chi connectivity index (χ1n) is 18.3. The van der Waals surface area contributed by atoms with E-state index in [1.807, 2.05) is 0 Å². The van der Waals surface area contributed by atoms with Crippen molar-refractivity contribution in [1.82, 2.24) is 4.57 Å². The summed E-state index contributed by atoms with van der Waals surface area (Å²) in [7, 11) is 2.24. The van der Waals surface area contributed by atoms with Gasteiger partial charge in [0.25, 0.3) is 5.82 Å². The molecule has 0 radical (unpaired) electrons. The molecule has 0 aliphatic heterocycles. The molecule has 1 aromatic heterocycles. The van der Waals surface area contributed by atoms with Crippen LogP contribution in [0.2, 0.25) is 0 Å². The van der Waals surface area contributed by atoms with Gasteiger partial charge in [0.05, 0.1) is 13.6 Å². The maximum atomic E-state index is 2.55. The van der Waals surface area contributed by atoms with E-state index in [4.69, 9.17) is 0 Å². The third-order valence-corrected chi connectivity index (χ3v) is 8.97. The Morgan fingerprint density at radius 1 is 0.436 bits per heavy atom. The molecule has 0 saturated heterocycles. The Balaban J connectivity index is 1.91. The van der Waals surface area contributed by atoms with Gasteiger partial charge < -0.3 is 0 Å². The van der Waals surface area contributed by atoms with Crippen molar-refractivity contribution in [2.75, 3.05) is 0 Å². The Bertz CT molecular complexity index is 605. The van der Waals surface area contributed by atoms with Crippen LogP contribution in [0.4, 0.5) is 0 Å². The molecule has 1 heterocycles. The van der Waals surface area contributed by atoms with Crippen LogP contribution in [0.15, 0.2) is 12.4 Å².